The summed E-state index contributed by atoms with van der Waals surface area (Å²) in [6.07, 6.45) is 2.11. The molecule has 0 saturated carbocycles. The fraction of sp³-hybridized carbons (Fsp3) is 0.308. The van der Waals surface area contributed by atoms with Crippen LogP contribution in [0, 0.1) is 23.4 Å². The number of hydrogen-bond acceptors (Lipinski definition) is 0. The zero-order valence-corrected chi connectivity index (χ0v) is 25.4. The molecule has 2 aliphatic rings. The number of halogens is 5. The van der Waals surface area contributed by atoms with E-state index in [0.29, 0.717) is 17.6 Å². The van der Waals surface area contributed by atoms with Crippen LogP contribution in [-0.4, -0.2) is 6.88 Å². The molecule has 0 radical (unpaired) electrons. The van der Waals surface area contributed by atoms with Gasteiger partial charge >= 0.3 is 186 Å². The van der Waals surface area contributed by atoms with Crippen molar-refractivity contribution in [1.82, 2.24) is 0 Å². The number of allylic oxidation sites excluding steroid dienone is 5. The molecule has 0 fully saturated rings. The van der Waals surface area contributed by atoms with Gasteiger partial charge in [-0.1, -0.05) is 0 Å². The molecule has 0 amide bonds. The normalized spacial score (nSPS) is 20.4. The fourth-order valence-electron chi connectivity index (χ4n) is 5.97. The van der Waals surface area contributed by atoms with Crippen LogP contribution in [0.1, 0.15) is 48.0 Å². The molecule has 0 nitrogen and oxygen atoms in total. The molecule has 2 aromatic rings. The molecule has 0 N–H and O–H groups in total. The number of rotatable bonds is 3. The van der Waals surface area contributed by atoms with Gasteiger partial charge in [0, 0.05) is 0 Å². The van der Waals surface area contributed by atoms with Gasteiger partial charge in [0.1, 0.15) is 0 Å². The molecule has 33 heavy (non-hydrogen) atoms. The Kier molecular flexibility index (Phi) is 7.99. The summed E-state index contributed by atoms with van der Waals surface area (Å²) in [4.78, 5) is 0. The molecule has 4 rings (SSSR count). The molecule has 0 aliphatic heterocycles. The molecule has 2 atom stereocenters. The first-order chi connectivity index (χ1) is 14.3. The van der Waals surface area contributed by atoms with E-state index in [0.717, 1.165) is 17.2 Å². The third-order valence-corrected chi connectivity index (χ3v) is 25.0. The second kappa shape index (κ2) is 9.30. The van der Waals surface area contributed by atoms with E-state index >= 15 is 0 Å². The molecule has 178 valence electrons. The molecule has 0 aromatic heterocycles. The van der Waals surface area contributed by atoms with Crippen LogP contribution in [0.2, 0.25) is 9.26 Å². The van der Waals surface area contributed by atoms with Gasteiger partial charge in [-0.3, -0.25) is 0 Å². The third kappa shape index (κ3) is 4.33. The Morgan fingerprint density at radius 2 is 1.48 bits per heavy atom. The number of hydrogen-bond donors (Lipinski definition) is 0. The van der Waals surface area contributed by atoms with Crippen LogP contribution in [0.4, 0.5) is 13.2 Å². The van der Waals surface area contributed by atoms with E-state index in [2.05, 4.69) is 56.0 Å². The van der Waals surface area contributed by atoms with Crippen molar-refractivity contribution in [2.75, 3.05) is 0 Å². The minimum absolute atomic E-state index is 0. The van der Waals surface area contributed by atoms with Crippen molar-refractivity contribution < 1.29 is 30.6 Å². The van der Waals surface area contributed by atoms with Crippen LogP contribution < -0.4 is 0 Å². The predicted molar refractivity (Wildman–Crippen MR) is 138 cm³/mol. The Labute approximate surface area is 209 Å². The van der Waals surface area contributed by atoms with E-state index in [1.165, 1.54) is 16.7 Å². The Balaban J connectivity index is 0.00000193. The molecule has 2 aliphatic carbocycles. The summed E-state index contributed by atoms with van der Waals surface area (Å²) in [7, 11) is 0. The summed E-state index contributed by atoms with van der Waals surface area (Å²) >= 11 is -3.66. The molecule has 2 aromatic carbocycles. The number of benzene rings is 2. The third-order valence-electron chi connectivity index (χ3n) is 7.73. The van der Waals surface area contributed by atoms with Crippen LogP contribution >= 0.6 is 24.8 Å². The zero-order valence-electron chi connectivity index (χ0n) is 19.9. The summed E-state index contributed by atoms with van der Waals surface area (Å²) in [5, 5.41) is 0. The van der Waals surface area contributed by atoms with Crippen molar-refractivity contribution in [3.05, 3.63) is 96.6 Å². The standard InChI is InChI=1S/C15H8F3.C9H13.2CH3.2ClH.H2Si.Zr/c16-10-7-13(15(18)14(17)8-10)12-6-5-9-3-1-2-4-11(9)12;1-6-5-7(2)9(4)8(6)3;;;;;;/h1-8H;6H,1-4H3;2*1H3;2*1H;1H2;. The van der Waals surface area contributed by atoms with Gasteiger partial charge in [-0.15, -0.1) is 24.8 Å². The molecule has 7 heteroatoms. The second-order valence-corrected chi connectivity index (χ2v) is 39.8. The zero-order chi connectivity index (χ0) is 22.9. The van der Waals surface area contributed by atoms with Crippen LogP contribution in [0.15, 0.2) is 62.5 Å². The van der Waals surface area contributed by atoms with E-state index in [-0.39, 0.29) is 34.0 Å². The van der Waals surface area contributed by atoms with Gasteiger partial charge in [0.15, 0.2) is 0 Å². The van der Waals surface area contributed by atoms with Gasteiger partial charge in [0.2, 0.25) is 0 Å². The van der Waals surface area contributed by atoms with E-state index in [1.807, 2.05) is 18.2 Å². The minimum Gasteiger partial charge on any atom is -0.147 e. The van der Waals surface area contributed by atoms with Crippen molar-refractivity contribution in [3.8, 4) is 0 Å². The summed E-state index contributed by atoms with van der Waals surface area (Å²) in [6, 6.07) is 9.70. The first-order valence-electron chi connectivity index (χ1n) is 10.8. The summed E-state index contributed by atoms with van der Waals surface area (Å²) < 4.78 is 49.6. The predicted octanol–water partition coefficient (Wildman–Crippen LogP) is 8.03. The molecule has 2 unspecified atom stereocenters. The van der Waals surface area contributed by atoms with Gasteiger partial charge in [0.25, 0.3) is 0 Å². The topological polar surface area (TPSA) is 0 Å². The van der Waals surface area contributed by atoms with Crippen LogP contribution in [0.25, 0.3) is 5.57 Å². The van der Waals surface area contributed by atoms with Crippen molar-refractivity contribution in [3.63, 3.8) is 0 Å². The van der Waals surface area contributed by atoms with Gasteiger partial charge in [-0.2, -0.15) is 0 Å². The average molecular weight is 591 g/mol. The quantitative estimate of drug-likeness (QED) is 0.251. The maximum Gasteiger partial charge on any atom is -0.147 e. The van der Waals surface area contributed by atoms with E-state index in [9.17, 15) is 13.2 Å². The maximum absolute atomic E-state index is 14.8. The Morgan fingerprint density at radius 3 is 2.06 bits per heavy atom. The van der Waals surface area contributed by atoms with Gasteiger partial charge in [-0.25, -0.2) is 0 Å². The average Bonchev–Trinajstić information content (AvgIpc) is 3.17. The first kappa shape index (κ1) is 28.4. The SMILES string of the molecule is CC1=C(C)C(C)[C]([Zr]([CH3])([CH3])(=[SiH2])[CH]2C=C(c3cc(F)cc(F)c3F)c3ccccc32)=C1C.Cl.Cl. The first-order valence-corrected chi connectivity index (χ1v) is 24.2. The van der Waals surface area contributed by atoms with E-state index < -0.39 is 34.9 Å². The van der Waals surface area contributed by atoms with Crippen molar-refractivity contribution in [2.45, 2.75) is 40.6 Å². The van der Waals surface area contributed by atoms with Gasteiger partial charge in [0.05, 0.1) is 0 Å². The van der Waals surface area contributed by atoms with Crippen molar-refractivity contribution >= 4 is 37.3 Å². The van der Waals surface area contributed by atoms with Crippen molar-refractivity contribution in [2.24, 2.45) is 5.92 Å². The monoisotopic (exact) mass is 588 g/mol. The van der Waals surface area contributed by atoms with E-state index in [4.69, 9.17) is 0 Å². The maximum atomic E-state index is 14.8. The Morgan fingerprint density at radius 1 is 0.879 bits per heavy atom. The minimum atomic E-state index is -3.66. The van der Waals surface area contributed by atoms with Gasteiger partial charge < -0.3 is 0 Å². The van der Waals surface area contributed by atoms with Crippen LogP contribution in [0.5, 0.6) is 0 Å². The molecule has 0 heterocycles. The Hall–Kier alpha value is -0.870. The van der Waals surface area contributed by atoms with Gasteiger partial charge in [-0.05, 0) is 0 Å². The second-order valence-electron chi connectivity index (χ2n) is 10.3. The molecule has 0 spiro atoms. The van der Waals surface area contributed by atoms with Crippen LogP contribution in [0.3, 0.4) is 0 Å². The summed E-state index contributed by atoms with van der Waals surface area (Å²) in [6.45, 7) is 11.1. The fourth-order valence-corrected chi connectivity index (χ4v) is 24.5. The molecule has 0 bridgehead atoms. The Bertz CT molecular complexity index is 1300. The molecule has 0 saturated heterocycles. The largest absolute Gasteiger partial charge is 0.147 e. The number of fused-ring (bicyclic) bond motifs is 1. The van der Waals surface area contributed by atoms with Crippen molar-refractivity contribution in [1.29, 1.82) is 0 Å². The molecular weight excluding hydrogens is 559 g/mol. The van der Waals surface area contributed by atoms with E-state index in [1.54, 1.807) is 3.28 Å². The summed E-state index contributed by atoms with van der Waals surface area (Å²) in [5.41, 5.74) is 6.87. The molecular formula is C26H31Cl2F3SiZr. The van der Waals surface area contributed by atoms with Crippen LogP contribution in [-0.2, 0) is 17.4 Å². The summed E-state index contributed by atoms with van der Waals surface area (Å²) in [5.74, 6) is -2.50. The smallest absolute Gasteiger partial charge is 0.147 e.